The summed E-state index contributed by atoms with van der Waals surface area (Å²) in [7, 11) is 0. The number of nitrogens with zero attached hydrogens (tertiary/aromatic N) is 2. The molecule has 1 aliphatic rings. The zero-order valence-electron chi connectivity index (χ0n) is 14.5. The Bertz CT molecular complexity index is 954. The fourth-order valence-electron chi connectivity index (χ4n) is 2.74. The van der Waals surface area contributed by atoms with Crippen LogP contribution < -0.4 is 15.0 Å². The highest BCUT2D eigenvalue weighted by Crippen LogP contribution is 2.32. The van der Waals surface area contributed by atoms with Crippen LogP contribution in [-0.2, 0) is 11.3 Å². The molecule has 0 bridgehead atoms. The molecule has 0 saturated carbocycles. The molecule has 1 atom stereocenters. The Hall–Kier alpha value is -2.16. The summed E-state index contributed by atoms with van der Waals surface area (Å²) in [6, 6.07) is 4.72. The van der Waals surface area contributed by atoms with E-state index in [0.29, 0.717) is 27.8 Å². The van der Waals surface area contributed by atoms with Crippen molar-refractivity contribution in [2.75, 3.05) is 4.90 Å². The van der Waals surface area contributed by atoms with E-state index in [1.165, 1.54) is 24.4 Å². The number of alkyl halides is 3. The zero-order valence-corrected chi connectivity index (χ0v) is 16.8. The van der Waals surface area contributed by atoms with E-state index in [9.17, 15) is 18.0 Å². The summed E-state index contributed by atoms with van der Waals surface area (Å²) in [4.78, 5) is 18.4. The average molecular weight is 467 g/mol. The molecule has 0 spiro atoms. The lowest BCUT2D eigenvalue weighted by Gasteiger charge is -2.24. The Kier molecular flexibility index (Phi) is 6.45. The van der Waals surface area contributed by atoms with Gasteiger partial charge in [-0.25, -0.2) is 4.98 Å². The van der Waals surface area contributed by atoms with Crippen LogP contribution in [0, 0.1) is 0 Å². The quantitative estimate of drug-likeness (QED) is 0.645. The number of hydrogen-bond donors (Lipinski definition) is 1. The van der Waals surface area contributed by atoms with Crippen molar-refractivity contribution in [2.24, 2.45) is 0 Å². The number of nitrogens with one attached hydrogen (secondary N) is 1. The van der Waals surface area contributed by atoms with Gasteiger partial charge in [0.2, 0.25) is 5.91 Å². The lowest BCUT2D eigenvalue weighted by molar-refractivity contribution is -0.274. The molecule has 3 rings (SSSR count). The number of carbonyl (C=O) groups is 1. The number of ether oxygens (including phenoxy) is 1. The first kappa shape index (κ1) is 21.5. The fourth-order valence-corrected chi connectivity index (χ4v) is 3.46. The molecule has 0 radical (unpaired) electrons. The van der Waals surface area contributed by atoms with Crippen LogP contribution >= 0.6 is 34.8 Å². The van der Waals surface area contributed by atoms with Gasteiger partial charge in [-0.05, 0) is 30.2 Å². The van der Waals surface area contributed by atoms with Gasteiger partial charge in [-0.3, -0.25) is 4.79 Å². The molecule has 29 heavy (non-hydrogen) atoms. The average Bonchev–Trinajstić information content (AvgIpc) is 3.10. The molecule has 2 heterocycles. The molecule has 1 N–H and O–H groups in total. The maximum atomic E-state index is 12.6. The van der Waals surface area contributed by atoms with Crippen LogP contribution in [0.4, 0.5) is 19.0 Å². The molecule has 1 amide bonds. The van der Waals surface area contributed by atoms with Crippen molar-refractivity contribution < 1.29 is 22.7 Å². The van der Waals surface area contributed by atoms with Crippen LogP contribution in [0.3, 0.4) is 0 Å². The monoisotopic (exact) mass is 465 g/mol. The van der Waals surface area contributed by atoms with Gasteiger partial charge in [0.05, 0.1) is 15.1 Å². The lowest BCUT2D eigenvalue weighted by Crippen LogP contribution is -2.42. The van der Waals surface area contributed by atoms with Gasteiger partial charge in [0, 0.05) is 18.9 Å². The second kappa shape index (κ2) is 8.69. The van der Waals surface area contributed by atoms with E-state index in [1.54, 1.807) is 17.2 Å². The Labute approximate surface area is 179 Å². The molecule has 1 aromatic carbocycles. The maximum absolute atomic E-state index is 12.6. The molecule has 2 aromatic rings. The third kappa shape index (κ3) is 5.46. The Morgan fingerprint density at radius 3 is 2.66 bits per heavy atom. The van der Waals surface area contributed by atoms with Crippen molar-refractivity contribution in [3.05, 3.63) is 63.4 Å². The third-order valence-electron chi connectivity index (χ3n) is 3.99. The van der Waals surface area contributed by atoms with Crippen molar-refractivity contribution in [1.82, 2.24) is 10.3 Å². The highest BCUT2D eigenvalue weighted by Gasteiger charge is 2.32. The summed E-state index contributed by atoms with van der Waals surface area (Å²) in [6.07, 6.45) is 0.529. The normalized spacial score (nSPS) is 16.2. The van der Waals surface area contributed by atoms with E-state index in [0.717, 1.165) is 6.07 Å². The second-order valence-electron chi connectivity index (χ2n) is 6.03. The summed E-state index contributed by atoms with van der Waals surface area (Å²) in [5.74, 6) is -0.430. The van der Waals surface area contributed by atoms with Crippen LogP contribution in [0.15, 0.2) is 42.7 Å². The molecule has 154 valence electrons. The molecule has 1 aromatic heterocycles. The minimum Gasteiger partial charge on any atom is -0.404 e. The van der Waals surface area contributed by atoms with Gasteiger partial charge in [-0.2, -0.15) is 0 Å². The lowest BCUT2D eigenvalue weighted by atomic mass is 10.1. The smallest absolute Gasteiger partial charge is 0.404 e. The van der Waals surface area contributed by atoms with Gasteiger partial charge in [0.15, 0.2) is 5.82 Å². The predicted molar refractivity (Wildman–Crippen MR) is 104 cm³/mol. The SMILES string of the molecule is O=C(NCc1ccc(OC(F)(F)F)c(Cl)c1)C1CC=CN1c1ncc(Cl)cc1Cl. The molecular weight excluding hydrogens is 454 g/mol. The molecule has 1 unspecified atom stereocenters. The molecule has 5 nitrogen and oxygen atoms in total. The van der Waals surface area contributed by atoms with Crippen LogP contribution in [-0.4, -0.2) is 23.3 Å². The number of halogens is 6. The van der Waals surface area contributed by atoms with Crippen molar-refractivity contribution in [3.8, 4) is 5.75 Å². The maximum Gasteiger partial charge on any atom is 0.573 e. The first-order valence-electron chi connectivity index (χ1n) is 8.22. The van der Waals surface area contributed by atoms with Crippen molar-refractivity contribution in [1.29, 1.82) is 0 Å². The van der Waals surface area contributed by atoms with Crippen LogP contribution in [0.5, 0.6) is 5.75 Å². The van der Waals surface area contributed by atoms with E-state index in [4.69, 9.17) is 34.8 Å². The highest BCUT2D eigenvalue weighted by molar-refractivity contribution is 6.36. The number of rotatable bonds is 5. The number of pyridine rings is 1. The largest absolute Gasteiger partial charge is 0.573 e. The van der Waals surface area contributed by atoms with Gasteiger partial charge in [-0.1, -0.05) is 46.9 Å². The van der Waals surface area contributed by atoms with E-state index in [-0.39, 0.29) is 17.5 Å². The number of carbonyl (C=O) groups excluding carboxylic acids is 1. The zero-order chi connectivity index (χ0) is 21.2. The summed E-state index contributed by atoms with van der Waals surface area (Å²) in [6.45, 7) is 0.0664. The number of aromatic nitrogens is 1. The van der Waals surface area contributed by atoms with Gasteiger partial charge >= 0.3 is 6.36 Å². The van der Waals surface area contributed by atoms with Crippen molar-refractivity contribution in [2.45, 2.75) is 25.4 Å². The first-order chi connectivity index (χ1) is 13.6. The molecule has 0 aliphatic carbocycles. The van der Waals surface area contributed by atoms with E-state index < -0.39 is 18.2 Å². The third-order valence-corrected chi connectivity index (χ3v) is 4.77. The fraction of sp³-hybridized carbons (Fsp3) is 0.222. The second-order valence-corrected chi connectivity index (χ2v) is 7.28. The summed E-state index contributed by atoms with van der Waals surface area (Å²) in [5, 5.41) is 3.19. The van der Waals surface area contributed by atoms with Crippen LogP contribution in [0.1, 0.15) is 12.0 Å². The standard InChI is InChI=1S/C18H13Cl3F3N3O2/c19-11-7-13(21)16(25-9-11)27-5-1-2-14(27)17(28)26-8-10-3-4-15(12(20)6-10)29-18(22,23)24/h1,3-7,9,14H,2,8H2,(H,26,28). The number of anilines is 1. The first-order valence-corrected chi connectivity index (χ1v) is 9.35. The Balaban J connectivity index is 1.65. The molecule has 0 fully saturated rings. The van der Waals surface area contributed by atoms with Crippen LogP contribution in [0.25, 0.3) is 0 Å². The summed E-state index contributed by atoms with van der Waals surface area (Å²) >= 11 is 17.8. The minimum atomic E-state index is -4.84. The highest BCUT2D eigenvalue weighted by atomic mass is 35.5. The van der Waals surface area contributed by atoms with Crippen LogP contribution in [0.2, 0.25) is 15.1 Å². The summed E-state index contributed by atoms with van der Waals surface area (Å²) in [5.41, 5.74) is 0.512. The number of amides is 1. The van der Waals surface area contributed by atoms with Gasteiger partial charge in [0.1, 0.15) is 11.8 Å². The number of benzene rings is 1. The van der Waals surface area contributed by atoms with Crippen molar-refractivity contribution >= 4 is 46.5 Å². The Morgan fingerprint density at radius 1 is 1.24 bits per heavy atom. The summed E-state index contributed by atoms with van der Waals surface area (Å²) < 4.78 is 40.7. The Morgan fingerprint density at radius 2 is 2.00 bits per heavy atom. The minimum absolute atomic E-state index is 0.0664. The van der Waals surface area contributed by atoms with E-state index >= 15 is 0 Å². The van der Waals surface area contributed by atoms with Gasteiger partial charge < -0.3 is 15.0 Å². The van der Waals surface area contributed by atoms with Crippen molar-refractivity contribution in [3.63, 3.8) is 0 Å². The molecule has 1 aliphatic heterocycles. The number of hydrogen-bond acceptors (Lipinski definition) is 4. The van der Waals surface area contributed by atoms with Gasteiger partial charge in [-0.15, -0.1) is 13.2 Å². The molecule has 0 saturated heterocycles. The molecular formula is C18H13Cl3F3N3O2. The topological polar surface area (TPSA) is 54.5 Å². The molecule has 11 heteroatoms. The van der Waals surface area contributed by atoms with E-state index in [1.807, 2.05) is 0 Å². The van der Waals surface area contributed by atoms with E-state index in [2.05, 4.69) is 15.0 Å². The predicted octanol–water partition coefficient (Wildman–Crippen LogP) is 5.35. The van der Waals surface area contributed by atoms with Gasteiger partial charge in [0.25, 0.3) is 0 Å².